The maximum Gasteiger partial charge on any atom is 0.483 e. The van der Waals surface area contributed by atoms with Gasteiger partial charge in [-0.25, -0.2) is 13.2 Å². The molecular formula is C17H12F21NO4S. The summed E-state index contributed by atoms with van der Waals surface area (Å²) in [7, 11) is -8.86. The molecule has 5 nitrogen and oxygen atoms in total. The van der Waals surface area contributed by atoms with Gasteiger partial charge < -0.3 is 4.74 Å². The molecule has 0 radical (unpaired) electrons. The van der Waals surface area contributed by atoms with Crippen molar-refractivity contribution >= 4 is 16.0 Å². The van der Waals surface area contributed by atoms with Crippen molar-refractivity contribution in [1.82, 2.24) is 4.31 Å². The largest absolute Gasteiger partial charge is 0.483 e. The Bertz CT molecular complexity index is 1180. The second-order valence-electron chi connectivity index (χ2n) is 8.07. The third-order valence-corrected chi connectivity index (χ3v) is 6.98. The van der Waals surface area contributed by atoms with E-state index in [1.165, 1.54) is 0 Å². The van der Waals surface area contributed by atoms with Crippen LogP contribution in [0, 0.1) is 0 Å². The van der Waals surface area contributed by atoms with Gasteiger partial charge in [0.25, 0.3) is 10.0 Å². The second kappa shape index (κ2) is 11.5. The number of unbranched alkanes of at least 4 members (excludes halogenated alkanes) is 1. The summed E-state index contributed by atoms with van der Waals surface area (Å²) < 4.78 is 309. The van der Waals surface area contributed by atoms with E-state index in [0.29, 0.717) is 0 Å². The molecule has 0 spiro atoms. The van der Waals surface area contributed by atoms with Gasteiger partial charge in [0.2, 0.25) is 0 Å². The number of hydrogen-bond acceptors (Lipinski definition) is 4. The molecule has 0 N–H and O–H groups in total. The van der Waals surface area contributed by atoms with E-state index in [2.05, 4.69) is 11.3 Å². The summed E-state index contributed by atoms with van der Waals surface area (Å²) in [6, 6.07) is -7.11. The van der Waals surface area contributed by atoms with E-state index in [-0.39, 0.29) is 0 Å². The van der Waals surface area contributed by atoms with E-state index in [1.807, 2.05) is 0 Å². The number of ether oxygens (including phenoxy) is 1. The molecule has 0 atom stereocenters. The fraction of sp³-hybridized carbons (Fsp3) is 0.824. The fourth-order valence-corrected chi connectivity index (χ4v) is 4.04. The minimum Gasteiger partial charge on any atom is -0.392 e. The van der Waals surface area contributed by atoms with Gasteiger partial charge in [0.05, 0.1) is 0 Å². The highest BCUT2D eigenvalue weighted by Crippen LogP contribution is 2.64. The van der Waals surface area contributed by atoms with E-state index in [4.69, 9.17) is 0 Å². The number of alkyl halides is 21. The summed E-state index contributed by atoms with van der Waals surface area (Å²) in [5, 5.41) is -8.56. The summed E-state index contributed by atoms with van der Waals surface area (Å²) in [5.41, 5.74) is 0. The first-order valence-electron chi connectivity index (χ1n) is 10.2. The molecule has 0 saturated heterocycles. The summed E-state index contributed by atoms with van der Waals surface area (Å²) in [6.45, 7) is 0.520. The van der Waals surface area contributed by atoms with Crippen molar-refractivity contribution in [1.29, 1.82) is 0 Å². The third kappa shape index (κ3) is 5.73. The topological polar surface area (TPSA) is 63.7 Å². The molecule has 0 aromatic heterocycles. The first-order valence-corrected chi connectivity index (χ1v) is 11.7. The molecule has 0 aromatic rings. The Morgan fingerprint density at radius 1 is 0.659 bits per heavy atom. The van der Waals surface area contributed by atoms with E-state index >= 15 is 0 Å². The van der Waals surface area contributed by atoms with Crippen LogP contribution in [0.1, 0.15) is 19.8 Å². The number of halogens is 21. The van der Waals surface area contributed by atoms with Gasteiger partial charge in [-0.2, -0.15) is 92.2 Å². The maximum absolute atomic E-state index is 14.4. The highest BCUT2D eigenvalue weighted by atomic mass is 32.2. The van der Waals surface area contributed by atoms with Crippen LogP contribution in [-0.4, -0.2) is 84.4 Å². The number of rotatable bonds is 15. The Kier molecular flexibility index (Phi) is 10.9. The molecule has 27 heteroatoms. The van der Waals surface area contributed by atoms with Crippen molar-refractivity contribution in [3.8, 4) is 0 Å². The first-order chi connectivity index (χ1) is 18.9. The molecule has 0 rings (SSSR count). The van der Waals surface area contributed by atoms with Crippen molar-refractivity contribution in [3.63, 3.8) is 0 Å². The van der Waals surface area contributed by atoms with E-state index < -0.39 is 105 Å². The molecule has 262 valence electrons. The summed E-state index contributed by atoms with van der Waals surface area (Å²) in [6.07, 6.45) is -17.5. The highest BCUT2D eigenvalue weighted by molar-refractivity contribution is 7.90. The normalized spacial score (nSPS) is 15.9. The van der Waals surface area contributed by atoms with Gasteiger partial charge in [-0.1, -0.05) is 19.9 Å². The Hall–Kier alpha value is -2.35. The Labute approximate surface area is 229 Å². The van der Waals surface area contributed by atoms with Crippen molar-refractivity contribution in [2.45, 2.75) is 78.9 Å². The predicted molar refractivity (Wildman–Crippen MR) is 97.4 cm³/mol. The van der Waals surface area contributed by atoms with Crippen LogP contribution in [0.3, 0.4) is 0 Å². The third-order valence-electron chi connectivity index (χ3n) is 5.08. The van der Waals surface area contributed by atoms with Gasteiger partial charge in [0, 0.05) is 12.6 Å². The molecule has 0 amide bonds. The first kappa shape index (κ1) is 41.7. The molecule has 0 heterocycles. The minimum atomic E-state index is -9.28. The van der Waals surface area contributed by atoms with Crippen LogP contribution in [0.4, 0.5) is 92.2 Å². The van der Waals surface area contributed by atoms with E-state index in [1.54, 1.807) is 0 Å². The fourth-order valence-electron chi connectivity index (χ4n) is 2.54. The molecular weight excluding hydrogens is 713 g/mol. The molecule has 0 aliphatic heterocycles. The van der Waals surface area contributed by atoms with Crippen LogP contribution in [0.5, 0.6) is 0 Å². The van der Waals surface area contributed by atoms with Gasteiger partial charge in [-0.15, -0.1) is 4.31 Å². The smallest absolute Gasteiger partial charge is 0.392 e. The van der Waals surface area contributed by atoms with Crippen LogP contribution in [0.25, 0.3) is 0 Å². The van der Waals surface area contributed by atoms with Crippen molar-refractivity contribution < 1.29 is 110 Å². The van der Waals surface area contributed by atoms with Crippen molar-refractivity contribution in [2.24, 2.45) is 0 Å². The van der Waals surface area contributed by atoms with Gasteiger partial charge in [0.15, 0.2) is 0 Å². The zero-order valence-electron chi connectivity index (χ0n) is 20.3. The minimum absolute atomic E-state index is 0.390. The monoisotopic (exact) mass is 725 g/mol. The van der Waals surface area contributed by atoms with Crippen LogP contribution in [-0.2, 0) is 19.6 Å². The second-order valence-corrected chi connectivity index (χ2v) is 9.98. The molecule has 0 unspecified atom stereocenters. The van der Waals surface area contributed by atoms with Crippen LogP contribution < -0.4 is 0 Å². The molecule has 0 aliphatic rings. The lowest BCUT2D eigenvalue weighted by Gasteiger charge is -2.43. The summed E-state index contributed by atoms with van der Waals surface area (Å²) in [4.78, 5) is 10.8. The molecule has 0 bridgehead atoms. The number of carbonyl (C=O) groups is 1. The highest BCUT2D eigenvalue weighted by Gasteiger charge is 2.96. The van der Waals surface area contributed by atoms with Crippen molar-refractivity contribution in [3.05, 3.63) is 12.7 Å². The Morgan fingerprint density at radius 3 is 1.32 bits per heavy atom. The molecule has 0 fully saturated rings. The number of sulfonamides is 1. The molecule has 0 aliphatic carbocycles. The van der Waals surface area contributed by atoms with Gasteiger partial charge >= 0.3 is 65.1 Å². The van der Waals surface area contributed by atoms with Crippen LogP contribution in [0.2, 0.25) is 0 Å². The zero-order valence-corrected chi connectivity index (χ0v) is 21.1. The SMILES string of the molecule is C=CC(=O)OC(F)(F)C(F)(F)N(CCCC)S(=O)(=O)C(F)(F)C(F)(F)C(F)(F)C(F)(F)C(F)(F)C(F)(F)C(F)(F)C(F)(F)F. The lowest BCUT2D eigenvalue weighted by atomic mass is 9.91. The van der Waals surface area contributed by atoms with Gasteiger partial charge in [-0.3, -0.25) is 0 Å². The molecule has 0 saturated carbocycles. The number of esters is 1. The van der Waals surface area contributed by atoms with Gasteiger partial charge in [-0.05, 0) is 6.42 Å². The maximum atomic E-state index is 14.4. The van der Waals surface area contributed by atoms with Crippen LogP contribution in [0.15, 0.2) is 12.7 Å². The van der Waals surface area contributed by atoms with E-state index in [0.717, 1.165) is 6.92 Å². The lowest BCUT2D eigenvalue weighted by Crippen LogP contribution is -2.75. The molecule has 44 heavy (non-hydrogen) atoms. The van der Waals surface area contributed by atoms with Gasteiger partial charge in [0.1, 0.15) is 0 Å². The lowest BCUT2D eigenvalue weighted by molar-refractivity contribution is -0.458. The standard InChI is InChI=1S/C17H12F21NO4S/c1-3-5-6-39(15(33,34)16(35,36)43-7(40)4-2)44(41,42)17(37,38)13(28,29)11(24,25)9(20,21)8(18,19)10(22,23)12(26,27)14(30,31)32/h4H,2-3,5-6H2,1H3. The quantitative estimate of drug-likeness (QED) is 0.0770. The number of carbonyl (C=O) groups excluding carboxylic acids is 1. The predicted octanol–water partition coefficient (Wildman–Crippen LogP) is 7.30. The van der Waals surface area contributed by atoms with E-state index in [9.17, 15) is 105 Å². The van der Waals surface area contributed by atoms with Crippen LogP contribution >= 0.6 is 0 Å². The number of hydrogen-bond donors (Lipinski definition) is 0. The average molecular weight is 725 g/mol. The molecule has 0 aromatic carbocycles. The Balaban J connectivity index is 7.47. The van der Waals surface area contributed by atoms with Crippen molar-refractivity contribution in [2.75, 3.05) is 6.54 Å². The average Bonchev–Trinajstić information content (AvgIpc) is 2.81. The Morgan fingerprint density at radius 2 is 1.00 bits per heavy atom. The summed E-state index contributed by atoms with van der Waals surface area (Å²) in [5.74, 6) is -56.9. The zero-order chi connectivity index (χ0) is 36.2. The summed E-state index contributed by atoms with van der Waals surface area (Å²) >= 11 is 0. The number of nitrogens with zero attached hydrogens (tertiary/aromatic N) is 1.